The van der Waals surface area contributed by atoms with Gasteiger partial charge in [-0.15, -0.1) is 11.3 Å². The number of fused-ring (bicyclic) bond motifs is 1. The third-order valence-corrected chi connectivity index (χ3v) is 5.38. The average molecular weight is 376 g/mol. The van der Waals surface area contributed by atoms with Crippen molar-refractivity contribution in [3.63, 3.8) is 0 Å². The van der Waals surface area contributed by atoms with Gasteiger partial charge in [-0.2, -0.15) is 0 Å². The fourth-order valence-electron chi connectivity index (χ4n) is 2.56. The molecule has 0 aliphatic heterocycles. The maximum atomic E-state index is 12.6. The number of thiophene rings is 1. The van der Waals surface area contributed by atoms with Gasteiger partial charge in [-0.3, -0.25) is 14.2 Å². The maximum absolute atomic E-state index is 12.6. The number of rotatable bonds is 5. The average Bonchev–Trinajstić information content (AvgIpc) is 3.01. The van der Waals surface area contributed by atoms with E-state index in [0.29, 0.717) is 17.0 Å². The van der Waals surface area contributed by atoms with E-state index in [4.69, 9.17) is 11.6 Å². The van der Waals surface area contributed by atoms with Crippen molar-refractivity contribution in [3.8, 4) is 0 Å². The Morgan fingerprint density at radius 2 is 2.16 bits per heavy atom. The van der Waals surface area contributed by atoms with E-state index < -0.39 is 0 Å². The number of halogens is 1. The molecule has 0 aliphatic carbocycles. The molecule has 0 saturated heterocycles. The molecule has 0 saturated carbocycles. The Morgan fingerprint density at radius 1 is 1.36 bits per heavy atom. The summed E-state index contributed by atoms with van der Waals surface area (Å²) in [6.45, 7) is 2.44. The van der Waals surface area contributed by atoms with Crippen molar-refractivity contribution in [1.82, 2.24) is 14.5 Å². The lowest BCUT2D eigenvalue weighted by molar-refractivity contribution is -0.131. The predicted octanol–water partition coefficient (Wildman–Crippen LogP) is 3.33. The molecule has 0 unspecified atom stereocenters. The Labute approximate surface area is 154 Å². The highest BCUT2D eigenvalue weighted by atomic mass is 35.5. The van der Waals surface area contributed by atoms with Gasteiger partial charge in [0.2, 0.25) is 5.91 Å². The lowest BCUT2D eigenvalue weighted by atomic mass is 10.2. The monoisotopic (exact) mass is 375 g/mol. The Morgan fingerprint density at radius 3 is 2.88 bits per heavy atom. The smallest absolute Gasteiger partial charge is 0.262 e. The zero-order chi connectivity index (χ0) is 18.0. The summed E-state index contributed by atoms with van der Waals surface area (Å²) in [6, 6.07) is 9.24. The summed E-state index contributed by atoms with van der Waals surface area (Å²) in [5.74, 6) is -0.158. The Balaban J connectivity index is 1.77. The van der Waals surface area contributed by atoms with E-state index in [1.54, 1.807) is 18.0 Å². The van der Waals surface area contributed by atoms with Crippen molar-refractivity contribution in [2.75, 3.05) is 7.05 Å². The Kier molecular flexibility index (Phi) is 5.20. The van der Waals surface area contributed by atoms with Crippen molar-refractivity contribution in [3.05, 3.63) is 62.5 Å². The molecule has 0 radical (unpaired) electrons. The summed E-state index contributed by atoms with van der Waals surface area (Å²) >= 11 is 7.49. The van der Waals surface area contributed by atoms with Gasteiger partial charge in [-0.05, 0) is 30.2 Å². The predicted molar refractivity (Wildman–Crippen MR) is 101 cm³/mol. The van der Waals surface area contributed by atoms with Crippen LogP contribution in [0.2, 0.25) is 5.02 Å². The van der Waals surface area contributed by atoms with E-state index in [9.17, 15) is 9.59 Å². The quantitative estimate of drug-likeness (QED) is 0.687. The minimum atomic E-state index is -0.176. The largest absolute Gasteiger partial charge is 0.340 e. The molecule has 3 rings (SSSR count). The van der Waals surface area contributed by atoms with E-state index in [0.717, 1.165) is 21.7 Å². The molecule has 0 N–H and O–H groups in total. The van der Waals surface area contributed by atoms with Crippen LogP contribution in [0.3, 0.4) is 0 Å². The van der Waals surface area contributed by atoms with Crippen molar-refractivity contribution in [2.24, 2.45) is 0 Å². The first-order valence-corrected chi connectivity index (χ1v) is 9.13. The van der Waals surface area contributed by atoms with Gasteiger partial charge in [-0.25, -0.2) is 4.98 Å². The van der Waals surface area contributed by atoms with Crippen molar-refractivity contribution >= 4 is 39.1 Å². The van der Waals surface area contributed by atoms with E-state index in [1.165, 1.54) is 22.2 Å². The molecular formula is C18H18ClN3O2S. The van der Waals surface area contributed by atoms with Crippen LogP contribution in [-0.4, -0.2) is 27.4 Å². The highest BCUT2D eigenvalue weighted by Crippen LogP contribution is 2.21. The summed E-state index contributed by atoms with van der Waals surface area (Å²) < 4.78 is 1.37. The molecule has 0 spiro atoms. The molecular weight excluding hydrogens is 358 g/mol. The molecule has 0 bridgehead atoms. The first-order valence-electron chi connectivity index (χ1n) is 7.94. The standard InChI is InChI=1S/C18H18ClN3O2S/c1-3-14-8-15-17(25-14)20-11-22(18(15)24)10-16(23)21(2)9-12-5-4-6-13(19)7-12/h4-8,11H,3,9-10H2,1-2H3. The number of nitrogens with zero attached hydrogens (tertiary/aromatic N) is 3. The summed E-state index contributed by atoms with van der Waals surface area (Å²) in [7, 11) is 1.71. The number of aryl methyl sites for hydroxylation is 1. The molecule has 1 aromatic carbocycles. The summed E-state index contributed by atoms with van der Waals surface area (Å²) in [6.07, 6.45) is 2.31. The van der Waals surface area contributed by atoms with Gasteiger partial charge in [0.05, 0.1) is 11.7 Å². The van der Waals surface area contributed by atoms with Crippen LogP contribution in [0.15, 0.2) is 41.5 Å². The van der Waals surface area contributed by atoms with Crippen molar-refractivity contribution in [1.29, 1.82) is 0 Å². The lowest BCUT2D eigenvalue weighted by Crippen LogP contribution is -2.33. The van der Waals surface area contributed by atoms with Crippen LogP contribution in [0.1, 0.15) is 17.4 Å². The third-order valence-electron chi connectivity index (χ3n) is 3.96. The molecule has 130 valence electrons. The van der Waals surface area contributed by atoms with Crippen LogP contribution in [0.5, 0.6) is 0 Å². The fourth-order valence-corrected chi connectivity index (χ4v) is 3.70. The maximum Gasteiger partial charge on any atom is 0.262 e. The number of aromatic nitrogens is 2. The number of hydrogen-bond acceptors (Lipinski definition) is 4. The normalized spacial score (nSPS) is 11.0. The second kappa shape index (κ2) is 7.37. The van der Waals surface area contributed by atoms with Gasteiger partial charge in [0.1, 0.15) is 11.4 Å². The zero-order valence-corrected chi connectivity index (χ0v) is 15.6. The zero-order valence-electron chi connectivity index (χ0n) is 14.0. The van der Waals surface area contributed by atoms with Gasteiger partial charge >= 0.3 is 0 Å². The van der Waals surface area contributed by atoms with Gasteiger partial charge < -0.3 is 4.90 Å². The van der Waals surface area contributed by atoms with Crippen LogP contribution in [0.4, 0.5) is 0 Å². The van der Waals surface area contributed by atoms with E-state index in [1.807, 2.05) is 31.2 Å². The fraction of sp³-hybridized carbons (Fsp3) is 0.278. The molecule has 25 heavy (non-hydrogen) atoms. The number of amides is 1. The summed E-state index contributed by atoms with van der Waals surface area (Å²) in [5.41, 5.74) is 0.764. The number of hydrogen-bond donors (Lipinski definition) is 0. The van der Waals surface area contributed by atoms with Crippen LogP contribution in [-0.2, 0) is 24.3 Å². The van der Waals surface area contributed by atoms with E-state index >= 15 is 0 Å². The van der Waals surface area contributed by atoms with Gasteiger partial charge in [-0.1, -0.05) is 30.7 Å². The molecule has 0 aliphatic rings. The summed E-state index contributed by atoms with van der Waals surface area (Å²) in [5, 5.41) is 1.21. The Hall–Kier alpha value is -2.18. The Bertz CT molecular complexity index is 980. The minimum Gasteiger partial charge on any atom is -0.340 e. The van der Waals surface area contributed by atoms with Gasteiger partial charge in [0.25, 0.3) is 5.56 Å². The van der Waals surface area contributed by atoms with Crippen LogP contribution >= 0.6 is 22.9 Å². The van der Waals surface area contributed by atoms with Crippen LogP contribution < -0.4 is 5.56 Å². The first-order chi connectivity index (χ1) is 12.0. The molecule has 3 aromatic rings. The SMILES string of the molecule is CCc1cc2c(=O)n(CC(=O)N(C)Cc3cccc(Cl)c3)cnc2s1. The molecule has 2 heterocycles. The van der Waals surface area contributed by atoms with Crippen LogP contribution in [0.25, 0.3) is 10.2 Å². The van der Waals surface area contributed by atoms with Gasteiger partial charge in [0.15, 0.2) is 0 Å². The van der Waals surface area contributed by atoms with Crippen molar-refractivity contribution in [2.45, 2.75) is 26.4 Å². The number of likely N-dealkylation sites (N-methyl/N-ethyl adjacent to an activating group) is 1. The van der Waals surface area contributed by atoms with E-state index in [2.05, 4.69) is 4.98 Å². The van der Waals surface area contributed by atoms with Crippen molar-refractivity contribution < 1.29 is 4.79 Å². The topological polar surface area (TPSA) is 55.2 Å². The molecule has 7 heteroatoms. The first kappa shape index (κ1) is 17.6. The van der Waals surface area contributed by atoms with E-state index in [-0.39, 0.29) is 18.0 Å². The van der Waals surface area contributed by atoms with Gasteiger partial charge in [0, 0.05) is 23.5 Å². The highest BCUT2D eigenvalue weighted by molar-refractivity contribution is 7.18. The molecule has 0 fully saturated rings. The summed E-state index contributed by atoms with van der Waals surface area (Å²) in [4.78, 5) is 32.7. The lowest BCUT2D eigenvalue weighted by Gasteiger charge is -2.18. The minimum absolute atomic E-state index is 0.0316. The second-order valence-electron chi connectivity index (χ2n) is 5.84. The molecule has 2 aromatic heterocycles. The molecule has 5 nitrogen and oxygen atoms in total. The molecule has 1 amide bonds. The third kappa shape index (κ3) is 3.91. The second-order valence-corrected chi connectivity index (χ2v) is 7.39. The number of benzene rings is 1. The number of carbonyl (C=O) groups is 1. The molecule has 0 atom stereocenters. The highest BCUT2D eigenvalue weighted by Gasteiger charge is 2.14. The van der Waals surface area contributed by atoms with Crippen LogP contribution in [0, 0.1) is 0 Å². The number of carbonyl (C=O) groups excluding carboxylic acids is 1.